The molecule has 2 rings (SSSR count). The van der Waals surface area contributed by atoms with Gasteiger partial charge in [0.2, 0.25) is 15.9 Å². The van der Waals surface area contributed by atoms with Crippen LogP contribution in [0.25, 0.3) is 0 Å². The molecule has 1 N–H and O–H groups in total. The summed E-state index contributed by atoms with van der Waals surface area (Å²) in [4.78, 5) is 12.4. The molecule has 140 valence electrons. The van der Waals surface area contributed by atoms with Gasteiger partial charge in [0.25, 0.3) is 0 Å². The van der Waals surface area contributed by atoms with E-state index in [9.17, 15) is 17.6 Å². The van der Waals surface area contributed by atoms with Gasteiger partial charge in [-0.3, -0.25) is 9.10 Å². The standard InChI is InChI=1S/C19H23FN2O3S/c1-19(2,3)16-7-5-6-8-17(16)22(26(4,24)25)13-18(23)21-15-11-9-14(20)10-12-15/h5-12H,13H2,1-4H3,(H,21,23). The SMILES string of the molecule is CC(C)(C)c1ccccc1N(CC(=O)Nc1ccc(F)cc1)S(C)(=O)=O. The van der Waals surface area contributed by atoms with Crippen LogP contribution in [0.3, 0.4) is 0 Å². The number of rotatable bonds is 5. The Morgan fingerprint density at radius 1 is 1.08 bits per heavy atom. The molecule has 2 aromatic rings. The maximum atomic E-state index is 13.0. The quantitative estimate of drug-likeness (QED) is 0.866. The summed E-state index contributed by atoms with van der Waals surface area (Å²) in [5, 5.41) is 2.59. The number of halogens is 1. The molecule has 0 unspecified atom stereocenters. The van der Waals surface area contributed by atoms with Gasteiger partial charge in [-0.15, -0.1) is 0 Å². The van der Waals surface area contributed by atoms with E-state index in [1.807, 2.05) is 32.9 Å². The van der Waals surface area contributed by atoms with Gasteiger partial charge >= 0.3 is 0 Å². The van der Waals surface area contributed by atoms with Crippen molar-refractivity contribution in [2.75, 3.05) is 22.4 Å². The smallest absolute Gasteiger partial charge is 0.245 e. The Balaban J connectivity index is 2.33. The Bertz CT molecular complexity index is 888. The number of nitrogens with zero attached hydrogens (tertiary/aromatic N) is 1. The molecular formula is C19H23FN2O3S. The lowest BCUT2D eigenvalue weighted by Gasteiger charge is -2.29. The highest BCUT2D eigenvalue weighted by molar-refractivity contribution is 7.92. The molecule has 0 atom stereocenters. The van der Waals surface area contributed by atoms with Crippen LogP contribution in [-0.2, 0) is 20.2 Å². The first kappa shape index (κ1) is 19.9. The summed E-state index contributed by atoms with van der Waals surface area (Å²) in [6.45, 7) is 5.56. The first-order valence-corrected chi connectivity index (χ1v) is 9.96. The second kappa shape index (κ2) is 7.45. The summed E-state index contributed by atoms with van der Waals surface area (Å²) in [5.41, 5.74) is 1.39. The molecule has 0 fully saturated rings. The largest absolute Gasteiger partial charge is 0.325 e. The molecule has 0 radical (unpaired) electrons. The van der Waals surface area contributed by atoms with Crippen LogP contribution in [0.1, 0.15) is 26.3 Å². The topological polar surface area (TPSA) is 66.5 Å². The van der Waals surface area contributed by atoms with Crippen LogP contribution in [-0.4, -0.2) is 27.1 Å². The third kappa shape index (κ3) is 5.05. The van der Waals surface area contributed by atoms with Gasteiger partial charge in [0.15, 0.2) is 0 Å². The van der Waals surface area contributed by atoms with E-state index in [0.29, 0.717) is 11.4 Å². The van der Waals surface area contributed by atoms with Gasteiger partial charge < -0.3 is 5.32 Å². The highest BCUT2D eigenvalue weighted by Crippen LogP contribution is 2.32. The number of hydrogen-bond donors (Lipinski definition) is 1. The predicted octanol–water partition coefficient (Wildman–Crippen LogP) is 3.53. The molecule has 5 nitrogen and oxygen atoms in total. The van der Waals surface area contributed by atoms with Crippen molar-refractivity contribution >= 4 is 27.3 Å². The highest BCUT2D eigenvalue weighted by atomic mass is 32.2. The van der Waals surface area contributed by atoms with Crippen molar-refractivity contribution in [2.45, 2.75) is 26.2 Å². The first-order chi connectivity index (χ1) is 12.0. The van der Waals surface area contributed by atoms with Gasteiger partial charge in [-0.2, -0.15) is 0 Å². The van der Waals surface area contributed by atoms with Crippen molar-refractivity contribution in [3.63, 3.8) is 0 Å². The molecule has 0 aliphatic rings. The molecule has 1 amide bonds. The zero-order chi connectivity index (χ0) is 19.5. The monoisotopic (exact) mass is 378 g/mol. The highest BCUT2D eigenvalue weighted by Gasteiger charge is 2.27. The molecule has 0 heterocycles. The zero-order valence-corrected chi connectivity index (χ0v) is 16.1. The van der Waals surface area contributed by atoms with Crippen LogP contribution in [0.5, 0.6) is 0 Å². The molecule has 0 aliphatic carbocycles. The average Bonchev–Trinajstić information content (AvgIpc) is 2.53. The van der Waals surface area contributed by atoms with E-state index in [4.69, 9.17) is 0 Å². The summed E-state index contributed by atoms with van der Waals surface area (Å²) in [5.74, 6) is -0.925. The van der Waals surface area contributed by atoms with Crippen LogP contribution < -0.4 is 9.62 Å². The van der Waals surface area contributed by atoms with Gasteiger partial charge in [0.1, 0.15) is 12.4 Å². The summed E-state index contributed by atoms with van der Waals surface area (Å²) in [6.07, 6.45) is 1.07. The molecular weight excluding hydrogens is 355 g/mol. The lowest BCUT2D eigenvalue weighted by molar-refractivity contribution is -0.114. The van der Waals surface area contributed by atoms with Crippen LogP contribution in [0, 0.1) is 5.82 Å². The number of hydrogen-bond acceptors (Lipinski definition) is 3. The minimum atomic E-state index is -3.68. The summed E-state index contributed by atoms with van der Waals surface area (Å²) in [7, 11) is -3.68. The Kier molecular flexibility index (Phi) is 5.71. The predicted molar refractivity (Wildman–Crippen MR) is 102 cm³/mol. The second-order valence-corrected chi connectivity index (χ2v) is 9.00. The number of anilines is 2. The zero-order valence-electron chi connectivity index (χ0n) is 15.3. The molecule has 0 saturated heterocycles. The van der Waals surface area contributed by atoms with Crippen LogP contribution >= 0.6 is 0 Å². The van der Waals surface area contributed by atoms with Gasteiger partial charge in [-0.1, -0.05) is 39.0 Å². The van der Waals surface area contributed by atoms with E-state index >= 15 is 0 Å². The molecule has 7 heteroatoms. The maximum Gasteiger partial charge on any atom is 0.245 e. The number of nitrogens with one attached hydrogen (secondary N) is 1. The first-order valence-electron chi connectivity index (χ1n) is 8.11. The summed E-state index contributed by atoms with van der Waals surface area (Å²) < 4.78 is 38.7. The maximum absolute atomic E-state index is 13.0. The van der Waals surface area contributed by atoms with Crippen molar-refractivity contribution in [3.05, 3.63) is 59.9 Å². The van der Waals surface area contributed by atoms with Crippen LogP contribution in [0.2, 0.25) is 0 Å². The third-order valence-electron chi connectivity index (χ3n) is 3.80. The van der Waals surface area contributed by atoms with Gasteiger partial charge in [-0.25, -0.2) is 12.8 Å². The van der Waals surface area contributed by atoms with E-state index in [1.165, 1.54) is 24.3 Å². The van der Waals surface area contributed by atoms with Crippen molar-refractivity contribution in [3.8, 4) is 0 Å². The van der Waals surface area contributed by atoms with E-state index < -0.39 is 21.7 Å². The van der Waals surface area contributed by atoms with Gasteiger partial charge in [-0.05, 0) is 41.3 Å². The normalized spacial score (nSPS) is 11.9. The third-order valence-corrected chi connectivity index (χ3v) is 4.92. The minimum absolute atomic E-state index is 0.299. The summed E-state index contributed by atoms with van der Waals surface area (Å²) in [6, 6.07) is 12.4. The van der Waals surface area contributed by atoms with E-state index in [1.54, 1.807) is 12.1 Å². The second-order valence-electron chi connectivity index (χ2n) is 7.09. The lowest BCUT2D eigenvalue weighted by Crippen LogP contribution is -2.38. The Labute approximate surface area is 153 Å². The molecule has 2 aromatic carbocycles. The van der Waals surface area contributed by atoms with Crippen molar-refractivity contribution in [1.82, 2.24) is 0 Å². The fourth-order valence-electron chi connectivity index (χ4n) is 2.57. The molecule has 0 saturated carbocycles. The number of sulfonamides is 1. The van der Waals surface area contributed by atoms with Crippen LogP contribution in [0.15, 0.2) is 48.5 Å². The van der Waals surface area contributed by atoms with Crippen molar-refractivity contribution in [1.29, 1.82) is 0 Å². The molecule has 0 aliphatic heterocycles. The van der Waals surface area contributed by atoms with Gasteiger partial charge in [0.05, 0.1) is 11.9 Å². The minimum Gasteiger partial charge on any atom is -0.325 e. The number of para-hydroxylation sites is 1. The Hall–Kier alpha value is -2.41. The van der Waals surface area contributed by atoms with E-state index in [0.717, 1.165) is 16.1 Å². The molecule has 0 spiro atoms. The Morgan fingerprint density at radius 2 is 1.65 bits per heavy atom. The lowest BCUT2D eigenvalue weighted by atomic mass is 9.86. The molecule has 26 heavy (non-hydrogen) atoms. The van der Waals surface area contributed by atoms with Gasteiger partial charge in [0, 0.05) is 5.69 Å². The number of benzene rings is 2. The summed E-state index contributed by atoms with van der Waals surface area (Å²) >= 11 is 0. The van der Waals surface area contributed by atoms with Crippen LogP contribution in [0.4, 0.5) is 15.8 Å². The fraction of sp³-hybridized carbons (Fsp3) is 0.316. The number of carbonyl (C=O) groups is 1. The van der Waals surface area contributed by atoms with E-state index in [2.05, 4.69) is 5.32 Å². The number of amides is 1. The molecule has 0 bridgehead atoms. The van der Waals surface area contributed by atoms with E-state index in [-0.39, 0.29) is 12.0 Å². The Morgan fingerprint density at radius 3 is 2.19 bits per heavy atom. The van der Waals surface area contributed by atoms with Crippen molar-refractivity contribution < 1.29 is 17.6 Å². The van der Waals surface area contributed by atoms with Crippen molar-refractivity contribution in [2.24, 2.45) is 0 Å². The number of carbonyl (C=O) groups excluding carboxylic acids is 1. The fourth-order valence-corrected chi connectivity index (χ4v) is 3.44. The molecule has 0 aromatic heterocycles. The average molecular weight is 378 g/mol.